The molecule has 0 aromatic heterocycles. The van der Waals surface area contributed by atoms with Gasteiger partial charge in [-0.1, -0.05) is 17.7 Å². The number of nitrogens with zero attached hydrogens (tertiary/aromatic N) is 1. The Kier molecular flexibility index (Phi) is 4.66. The number of hydrogen-bond acceptors (Lipinski definition) is 3. The molecule has 0 radical (unpaired) electrons. The topological polar surface area (TPSA) is 58.4 Å². The first-order chi connectivity index (χ1) is 9.15. The summed E-state index contributed by atoms with van der Waals surface area (Å²) in [4.78, 5) is 13.9. The Morgan fingerprint density at radius 1 is 1.58 bits per heavy atom. The SMILES string of the molecule is CNC(=O)C1CCCN(c2ccc(CN)cc2Cl)C1. The van der Waals surface area contributed by atoms with E-state index in [9.17, 15) is 4.79 Å². The Labute approximate surface area is 118 Å². The van der Waals surface area contributed by atoms with Gasteiger partial charge in [0.1, 0.15) is 0 Å². The molecule has 1 saturated heterocycles. The number of rotatable bonds is 3. The molecule has 1 amide bonds. The normalized spacial score (nSPS) is 19.3. The van der Waals surface area contributed by atoms with Crippen molar-refractivity contribution in [1.82, 2.24) is 5.32 Å². The highest BCUT2D eigenvalue weighted by atomic mass is 35.5. The third kappa shape index (κ3) is 3.19. The van der Waals surface area contributed by atoms with Crippen molar-refractivity contribution in [3.63, 3.8) is 0 Å². The quantitative estimate of drug-likeness (QED) is 0.888. The second-order valence-corrected chi connectivity index (χ2v) is 5.30. The monoisotopic (exact) mass is 281 g/mol. The standard InChI is InChI=1S/C14H20ClN3O/c1-17-14(19)11-3-2-6-18(9-11)13-5-4-10(8-16)7-12(13)15/h4-5,7,11H,2-3,6,8-9,16H2,1H3,(H,17,19). The van der Waals surface area contributed by atoms with Gasteiger partial charge in [-0.3, -0.25) is 4.79 Å². The molecular formula is C14H20ClN3O. The summed E-state index contributed by atoms with van der Waals surface area (Å²) in [5.41, 5.74) is 7.62. The van der Waals surface area contributed by atoms with Crippen LogP contribution in [0.25, 0.3) is 0 Å². The van der Waals surface area contributed by atoms with Gasteiger partial charge in [0, 0.05) is 26.7 Å². The summed E-state index contributed by atoms with van der Waals surface area (Å²) in [6.07, 6.45) is 1.95. The first kappa shape index (κ1) is 14.2. The van der Waals surface area contributed by atoms with Gasteiger partial charge in [-0.2, -0.15) is 0 Å². The van der Waals surface area contributed by atoms with Gasteiger partial charge in [-0.25, -0.2) is 0 Å². The van der Waals surface area contributed by atoms with E-state index >= 15 is 0 Å². The van der Waals surface area contributed by atoms with Crippen LogP contribution in [0.5, 0.6) is 0 Å². The van der Waals surface area contributed by atoms with E-state index in [0.29, 0.717) is 11.6 Å². The zero-order valence-corrected chi connectivity index (χ0v) is 11.9. The largest absolute Gasteiger partial charge is 0.370 e. The van der Waals surface area contributed by atoms with Crippen LogP contribution in [0, 0.1) is 5.92 Å². The van der Waals surface area contributed by atoms with E-state index in [1.165, 1.54) is 0 Å². The number of carbonyl (C=O) groups is 1. The molecule has 2 rings (SSSR count). The summed E-state index contributed by atoms with van der Waals surface area (Å²) in [5, 5.41) is 3.43. The molecule has 0 saturated carbocycles. The van der Waals surface area contributed by atoms with Crippen LogP contribution < -0.4 is 16.0 Å². The fraction of sp³-hybridized carbons (Fsp3) is 0.500. The number of benzene rings is 1. The van der Waals surface area contributed by atoms with Crippen molar-refractivity contribution in [2.24, 2.45) is 11.7 Å². The van der Waals surface area contributed by atoms with Crippen LogP contribution in [-0.2, 0) is 11.3 Å². The van der Waals surface area contributed by atoms with Crippen molar-refractivity contribution in [1.29, 1.82) is 0 Å². The van der Waals surface area contributed by atoms with Gasteiger partial charge >= 0.3 is 0 Å². The summed E-state index contributed by atoms with van der Waals surface area (Å²) in [6.45, 7) is 2.15. The lowest BCUT2D eigenvalue weighted by atomic mass is 9.96. The minimum Gasteiger partial charge on any atom is -0.370 e. The highest BCUT2D eigenvalue weighted by molar-refractivity contribution is 6.33. The van der Waals surface area contributed by atoms with E-state index in [1.807, 2.05) is 18.2 Å². The van der Waals surface area contributed by atoms with E-state index in [2.05, 4.69) is 10.2 Å². The first-order valence-electron chi connectivity index (χ1n) is 6.60. The summed E-state index contributed by atoms with van der Waals surface area (Å²) in [5.74, 6) is 0.156. The number of amides is 1. The van der Waals surface area contributed by atoms with Crippen molar-refractivity contribution in [2.75, 3.05) is 25.0 Å². The third-order valence-corrected chi connectivity index (χ3v) is 3.93. The minimum atomic E-state index is 0.0454. The Hall–Kier alpha value is -1.26. The number of carbonyl (C=O) groups excluding carboxylic acids is 1. The second kappa shape index (κ2) is 6.26. The van der Waals surface area contributed by atoms with Gasteiger partial charge in [0.05, 0.1) is 16.6 Å². The maximum absolute atomic E-state index is 11.7. The fourth-order valence-corrected chi connectivity index (χ4v) is 2.87. The fourth-order valence-electron chi connectivity index (χ4n) is 2.55. The molecule has 1 fully saturated rings. The predicted octanol–water partition coefficient (Wildman–Crippen LogP) is 1.76. The zero-order valence-electron chi connectivity index (χ0n) is 11.2. The molecule has 1 atom stereocenters. The number of anilines is 1. The molecule has 1 aromatic carbocycles. The molecule has 1 unspecified atom stereocenters. The van der Waals surface area contributed by atoms with Crippen molar-refractivity contribution >= 4 is 23.2 Å². The lowest BCUT2D eigenvalue weighted by molar-refractivity contribution is -0.124. The van der Waals surface area contributed by atoms with Crippen molar-refractivity contribution in [2.45, 2.75) is 19.4 Å². The van der Waals surface area contributed by atoms with E-state index in [1.54, 1.807) is 7.05 Å². The molecule has 0 spiro atoms. The summed E-state index contributed by atoms with van der Waals surface area (Å²) >= 11 is 6.30. The van der Waals surface area contributed by atoms with Crippen LogP contribution in [-0.4, -0.2) is 26.0 Å². The maximum atomic E-state index is 11.7. The van der Waals surface area contributed by atoms with E-state index in [4.69, 9.17) is 17.3 Å². The molecule has 1 heterocycles. The lowest BCUT2D eigenvalue weighted by Crippen LogP contribution is -2.42. The molecule has 1 aromatic rings. The average molecular weight is 282 g/mol. The van der Waals surface area contributed by atoms with Crippen LogP contribution in [0.4, 0.5) is 5.69 Å². The first-order valence-corrected chi connectivity index (χ1v) is 6.98. The van der Waals surface area contributed by atoms with Crippen LogP contribution in [0.1, 0.15) is 18.4 Å². The summed E-state index contributed by atoms with van der Waals surface area (Å²) in [6, 6.07) is 5.89. The smallest absolute Gasteiger partial charge is 0.224 e. The highest BCUT2D eigenvalue weighted by Crippen LogP contribution is 2.30. The van der Waals surface area contributed by atoms with E-state index in [0.717, 1.165) is 37.2 Å². The molecular weight excluding hydrogens is 262 g/mol. The predicted molar refractivity (Wildman–Crippen MR) is 78.3 cm³/mol. The average Bonchev–Trinajstić information content (AvgIpc) is 2.46. The Morgan fingerprint density at radius 3 is 3.00 bits per heavy atom. The number of nitrogens with two attached hydrogens (primary N) is 1. The van der Waals surface area contributed by atoms with Crippen molar-refractivity contribution in [3.8, 4) is 0 Å². The number of halogens is 1. The molecule has 3 N–H and O–H groups in total. The Bertz CT molecular complexity index is 464. The van der Waals surface area contributed by atoms with Gasteiger partial charge in [-0.05, 0) is 30.5 Å². The zero-order chi connectivity index (χ0) is 13.8. The molecule has 0 bridgehead atoms. The van der Waals surface area contributed by atoms with Crippen LogP contribution >= 0.6 is 11.6 Å². The Balaban J connectivity index is 2.15. The van der Waals surface area contributed by atoms with Crippen molar-refractivity contribution in [3.05, 3.63) is 28.8 Å². The van der Waals surface area contributed by atoms with E-state index in [-0.39, 0.29) is 11.8 Å². The second-order valence-electron chi connectivity index (χ2n) is 4.89. The molecule has 0 aliphatic carbocycles. The van der Waals surface area contributed by atoms with Gasteiger partial charge in [0.15, 0.2) is 0 Å². The van der Waals surface area contributed by atoms with Gasteiger partial charge in [-0.15, -0.1) is 0 Å². The summed E-state index contributed by atoms with van der Waals surface area (Å²) in [7, 11) is 1.68. The van der Waals surface area contributed by atoms with Gasteiger partial charge in [0.25, 0.3) is 0 Å². The van der Waals surface area contributed by atoms with Crippen LogP contribution in [0.3, 0.4) is 0 Å². The number of piperidine rings is 1. The van der Waals surface area contributed by atoms with E-state index < -0.39 is 0 Å². The molecule has 1 aliphatic rings. The Morgan fingerprint density at radius 2 is 2.37 bits per heavy atom. The number of nitrogens with one attached hydrogen (secondary N) is 1. The molecule has 104 valence electrons. The lowest BCUT2D eigenvalue weighted by Gasteiger charge is -2.34. The van der Waals surface area contributed by atoms with Gasteiger partial charge < -0.3 is 16.0 Å². The highest BCUT2D eigenvalue weighted by Gasteiger charge is 2.26. The molecule has 4 nitrogen and oxygen atoms in total. The van der Waals surface area contributed by atoms with Crippen LogP contribution in [0.2, 0.25) is 5.02 Å². The maximum Gasteiger partial charge on any atom is 0.224 e. The third-order valence-electron chi connectivity index (χ3n) is 3.63. The van der Waals surface area contributed by atoms with Crippen molar-refractivity contribution < 1.29 is 4.79 Å². The molecule has 1 aliphatic heterocycles. The summed E-state index contributed by atoms with van der Waals surface area (Å²) < 4.78 is 0. The van der Waals surface area contributed by atoms with Crippen LogP contribution in [0.15, 0.2) is 18.2 Å². The minimum absolute atomic E-state index is 0.0454. The number of hydrogen-bond donors (Lipinski definition) is 2. The molecule has 19 heavy (non-hydrogen) atoms. The molecule has 5 heteroatoms. The van der Waals surface area contributed by atoms with Gasteiger partial charge in [0.2, 0.25) is 5.91 Å².